The van der Waals surface area contributed by atoms with E-state index in [2.05, 4.69) is 49.0 Å². The van der Waals surface area contributed by atoms with Crippen LogP contribution in [-0.4, -0.2) is 12.1 Å². The van der Waals surface area contributed by atoms with Gasteiger partial charge in [0.1, 0.15) is 0 Å². The molecule has 19 heavy (non-hydrogen) atoms. The Hall–Kier alpha value is -0.670. The van der Waals surface area contributed by atoms with E-state index < -0.39 is 0 Å². The lowest BCUT2D eigenvalue weighted by molar-refractivity contribution is 0.555. The van der Waals surface area contributed by atoms with Crippen LogP contribution in [0.25, 0.3) is 0 Å². The molecule has 0 spiro atoms. The zero-order valence-electron chi connectivity index (χ0n) is 12.3. The highest BCUT2D eigenvalue weighted by atomic mass is 32.2. The molecular weight excluding hydrogens is 252 g/mol. The number of hydrogen-bond donors (Lipinski definition) is 2. The third-order valence-corrected chi connectivity index (χ3v) is 4.74. The zero-order valence-corrected chi connectivity index (χ0v) is 13.1. The van der Waals surface area contributed by atoms with Gasteiger partial charge in [-0.2, -0.15) is 0 Å². The molecule has 2 N–H and O–H groups in total. The van der Waals surface area contributed by atoms with Crippen molar-refractivity contribution >= 4 is 17.6 Å². The third kappa shape index (κ3) is 4.15. The predicted molar refractivity (Wildman–Crippen MR) is 85.8 cm³/mol. The average Bonchev–Trinajstić information content (AvgIpc) is 2.43. The summed E-state index contributed by atoms with van der Waals surface area (Å²) in [6.07, 6.45) is 6.14. The van der Waals surface area contributed by atoms with Crippen molar-refractivity contribution in [3.8, 4) is 0 Å². The lowest BCUT2D eigenvalue weighted by Gasteiger charge is -2.24. The minimum atomic E-state index is 0.609. The van der Waals surface area contributed by atoms with E-state index in [4.69, 9.17) is 0 Å². The van der Waals surface area contributed by atoms with Gasteiger partial charge in [0.05, 0.1) is 0 Å². The van der Waals surface area contributed by atoms with Crippen LogP contribution in [0.5, 0.6) is 0 Å². The molecule has 0 fully saturated rings. The van der Waals surface area contributed by atoms with Crippen LogP contribution < -0.4 is 10.0 Å². The van der Waals surface area contributed by atoms with E-state index in [0.717, 1.165) is 0 Å². The van der Waals surface area contributed by atoms with Crippen molar-refractivity contribution in [3.63, 3.8) is 0 Å². The molecule has 106 valence electrons. The summed E-state index contributed by atoms with van der Waals surface area (Å²) in [7, 11) is 0. The van der Waals surface area contributed by atoms with Gasteiger partial charge >= 0.3 is 0 Å². The maximum Gasteiger partial charge on any atom is 0.0375 e. The Morgan fingerprint density at radius 1 is 1.42 bits per heavy atom. The highest BCUT2D eigenvalue weighted by Gasteiger charge is 2.14. The standard InChI is InChI=1S/C16H26N2S/c1-4-6-14(5-2)18-19-15-9-10-16-13(11-15)8-7-12(3)17-16/h9-12,14,17-18H,4-8H2,1-3H3. The normalized spacial score (nSPS) is 19.6. The minimum absolute atomic E-state index is 0.609. The van der Waals surface area contributed by atoms with Gasteiger partial charge in [-0.3, -0.25) is 4.72 Å². The molecule has 2 unspecified atom stereocenters. The lowest BCUT2D eigenvalue weighted by Crippen LogP contribution is -2.22. The first-order valence-corrected chi connectivity index (χ1v) is 8.36. The highest BCUT2D eigenvalue weighted by molar-refractivity contribution is 7.97. The summed E-state index contributed by atoms with van der Waals surface area (Å²) in [4.78, 5) is 1.34. The maximum atomic E-state index is 3.60. The predicted octanol–water partition coefficient (Wildman–Crippen LogP) is 4.61. The van der Waals surface area contributed by atoms with Crippen molar-refractivity contribution in [2.45, 2.75) is 69.9 Å². The Morgan fingerprint density at radius 3 is 3.00 bits per heavy atom. The van der Waals surface area contributed by atoms with E-state index in [1.54, 1.807) is 11.9 Å². The summed E-state index contributed by atoms with van der Waals surface area (Å²) in [6, 6.07) is 8.03. The summed E-state index contributed by atoms with van der Waals surface area (Å²) in [5.74, 6) is 0. The SMILES string of the molecule is CCCC(CC)NSc1ccc2c(c1)CCC(C)N2. The van der Waals surface area contributed by atoms with Crippen LogP contribution in [0.1, 0.15) is 52.0 Å². The highest BCUT2D eigenvalue weighted by Crippen LogP contribution is 2.29. The molecule has 2 nitrogen and oxygen atoms in total. The Kier molecular flexibility index (Phi) is 5.59. The van der Waals surface area contributed by atoms with Crippen LogP contribution in [0.4, 0.5) is 5.69 Å². The molecule has 1 heterocycles. The van der Waals surface area contributed by atoms with Gasteiger partial charge in [0.25, 0.3) is 0 Å². The second-order valence-corrected chi connectivity index (χ2v) is 6.43. The van der Waals surface area contributed by atoms with E-state index in [1.165, 1.54) is 48.3 Å². The fourth-order valence-corrected chi connectivity index (χ4v) is 3.46. The molecule has 2 rings (SSSR count). The Balaban J connectivity index is 1.94. The molecule has 1 aliphatic heterocycles. The van der Waals surface area contributed by atoms with Crippen molar-refractivity contribution in [3.05, 3.63) is 23.8 Å². The van der Waals surface area contributed by atoms with E-state index >= 15 is 0 Å². The molecule has 0 radical (unpaired) electrons. The lowest BCUT2D eigenvalue weighted by atomic mass is 9.99. The molecule has 1 aromatic rings. The van der Waals surface area contributed by atoms with Crippen LogP contribution in [0.2, 0.25) is 0 Å². The molecule has 1 aromatic carbocycles. The Morgan fingerprint density at radius 2 is 2.26 bits per heavy atom. The van der Waals surface area contributed by atoms with Crippen molar-refractivity contribution in [1.82, 2.24) is 4.72 Å². The number of nitrogens with one attached hydrogen (secondary N) is 2. The minimum Gasteiger partial charge on any atom is -0.382 e. The van der Waals surface area contributed by atoms with Gasteiger partial charge in [-0.15, -0.1) is 0 Å². The number of aryl methyl sites for hydroxylation is 1. The fraction of sp³-hybridized carbons (Fsp3) is 0.625. The fourth-order valence-electron chi connectivity index (χ4n) is 2.54. The smallest absolute Gasteiger partial charge is 0.0375 e. The number of benzene rings is 1. The van der Waals surface area contributed by atoms with Crippen LogP contribution in [0.3, 0.4) is 0 Å². The van der Waals surface area contributed by atoms with Gasteiger partial charge in [0, 0.05) is 22.7 Å². The van der Waals surface area contributed by atoms with E-state index in [9.17, 15) is 0 Å². The molecule has 1 aliphatic rings. The average molecular weight is 278 g/mol. The summed E-state index contributed by atoms with van der Waals surface area (Å²) in [5, 5.41) is 3.55. The van der Waals surface area contributed by atoms with Crippen molar-refractivity contribution in [1.29, 1.82) is 0 Å². The Bertz CT molecular complexity index is 406. The van der Waals surface area contributed by atoms with Crippen LogP contribution in [-0.2, 0) is 6.42 Å². The molecule has 0 bridgehead atoms. The maximum absolute atomic E-state index is 3.60. The summed E-state index contributed by atoms with van der Waals surface area (Å²) < 4.78 is 3.60. The Labute approximate surface area is 121 Å². The van der Waals surface area contributed by atoms with E-state index in [1.807, 2.05) is 0 Å². The van der Waals surface area contributed by atoms with Crippen molar-refractivity contribution in [2.75, 3.05) is 5.32 Å². The summed E-state index contributed by atoms with van der Waals surface area (Å²) in [6.45, 7) is 6.76. The van der Waals surface area contributed by atoms with E-state index in [-0.39, 0.29) is 0 Å². The number of anilines is 1. The quantitative estimate of drug-likeness (QED) is 0.743. The first-order valence-electron chi connectivity index (χ1n) is 7.54. The molecule has 0 aliphatic carbocycles. The number of fused-ring (bicyclic) bond motifs is 1. The van der Waals surface area contributed by atoms with Gasteiger partial charge in [-0.25, -0.2) is 0 Å². The molecule has 3 heteroatoms. The second-order valence-electron chi connectivity index (χ2n) is 5.52. The third-order valence-electron chi connectivity index (χ3n) is 3.80. The van der Waals surface area contributed by atoms with Crippen molar-refractivity contribution < 1.29 is 0 Å². The topological polar surface area (TPSA) is 24.1 Å². The molecular formula is C16H26N2S. The van der Waals surface area contributed by atoms with Gasteiger partial charge in [-0.1, -0.05) is 20.3 Å². The van der Waals surface area contributed by atoms with Gasteiger partial charge in [-0.05, 0) is 68.3 Å². The van der Waals surface area contributed by atoms with Crippen LogP contribution in [0, 0.1) is 0 Å². The molecule has 0 saturated heterocycles. The second kappa shape index (κ2) is 7.20. The zero-order chi connectivity index (χ0) is 13.7. The first-order chi connectivity index (χ1) is 9.22. The molecule has 0 saturated carbocycles. The van der Waals surface area contributed by atoms with Gasteiger partial charge in [0.15, 0.2) is 0 Å². The molecule has 2 atom stereocenters. The largest absolute Gasteiger partial charge is 0.382 e. The van der Waals surface area contributed by atoms with Crippen LogP contribution in [0.15, 0.2) is 23.1 Å². The van der Waals surface area contributed by atoms with Crippen LogP contribution >= 0.6 is 11.9 Å². The summed E-state index contributed by atoms with van der Waals surface area (Å²) >= 11 is 1.79. The van der Waals surface area contributed by atoms with Gasteiger partial charge in [0.2, 0.25) is 0 Å². The number of hydrogen-bond acceptors (Lipinski definition) is 3. The monoisotopic (exact) mass is 278 g/mol. The van der Waals surface area contributed by atoms with E-state index in [0.29, 0.717) is 12.1 Å². The molecule has 0 aromatic heterocycles. The van der Waals surface area contributed by atoms with Gasteiger partial charge < -0.3 is 5.32 Å². The van der Waals surface area contributed by atoms with Crippen molar-refractivity contribution in [2.24, 2.45) is 0 Å². The first kappa shape index (κ1) is 14.7. The molecule has 0 amide bonds. The summed E-state index contributed by atoms with van der Waals surface area (Å²) in [5.41, 5.74) is 2.79. The number of rotatable bonds is 6.